The normalized spacial score (nSPS) is 14.4. The highest BCUT2D eigenvalue weighted by Gasteiger charge is 2.23. The van der Waals surface area contributed by atoms with Gasteiger partial charge in [0, 0.05) is 6.42 Å². The van der Waals surface area contributed by atoms with Crippen LogP contribution in [0.4, 0.5) is 0 Å². The Morgan fingerprint density at radius 3 is 1.45 bits per heavy atom. The summed E-state index contributed by atoms with van der Waals surface area (Å²) in [5.41, 5.74) is 0. The maximum Gasteiger partial charge on any atom is 0.306 e. The minimum Gasteiger partial charge on any atom is -0.458 e. The molecule has 0 aliphatic rings. The molecule has 0 aromatic carbocycles. The summed E-state index contributed by atoms with van der Waals surface area (Å²) < 4.78 is 5.82. The molecule has 0 aromatic rings. The van der Waals surface area contributed by atoms with Crippen LogP contribution >= 0.6 is 0 Å². The van der Waals surface area contributed by atoms with Gasteiger partial charge in [-0.15, -0.1) is 0 Å². The second kappa shape index (κ2) is 51.0. The number of aliphatic hydroxyl groups excluding tert-OH is 2. The summed E-state index contributed by atoms with van der Waals surface area (Å²) in [5.74, 6) is -0.673. The van der Waals surface area contributed by atoms with Crippen LogP contribution in [-0.2, 0) is 14.3 Å². The predicted octanol–water partition coefficient (Wildman–Crippen LogP) is 15.8. The molecule has 0 aliphatic carbocycles. The summed E-state index contributed by atoms with van der Waals surface area (Å²) in [7, 11) is 0. The van der Waals surface area contributed by atoms with Crippen LogP contribution in [0.2, 0.25) is 0 Å². The molecule has 0 saturated carbocycles. The quantitative estimate of drug-likeness (QED) is 0.0245. The molecule has 1 amide bonds. The topological polar surface area (TPSA) is 95.9 Å². The Morgan fingerprint density at radius 2 is 0.938 bits per heavy atom. The number of carbonyl (C=O) groups excluding carboxylic acids is 2. The Bertz CT molecular complexity index is 1420. The molecule has 0 rings (SSSR count). The van der Waals surface area contributed by atoms with E-state index in [1.165, 1.54) is 57.8 Å². The molecule has 3 unspecified atom stereocenters. The summed E-state index contributed by atoms with van der Waals surface area (Å²) >= 11 is 0. The van der Waals surface area contributed by atoms with E-state index in [0.29, 0.717) is 19.3 Å². The van der Waals surface area contributed by atoms with E-state index in [1.54, 1.807) is 6.08 Å². The standard InChI is InChI=1S/C59H95NO5/c1-4-7-10-13-16-19-22-24-26-28-30-32-34-37-40-43-46-49-52-59(64)65-55(50-47-44-41-38-36-33-31-29-27-25-23-20-17-14-11-8-5-2)53-58(63)60-56(54-61)57(62)51-48-45-42-39-35-21-18-15-12-9-6-3/h8,10-11,13,16-17,19-20,22,24-28,30-33,38,41,47,50,55-57,61-62H,4-7,9,12,14-15,18,21,23,29,34-37,39-40,42-46,48-49,51-54H2,1-3H3,(H,60,63)/b11-8-,13-10+,19-16+,20-17-,24-22+,27-25-,28-26+,32-30+,33-31-,41-38-,50-47-. The summed E-state index contributed by atoms with van der Waals surface area (Å²) in [6.45, 7) is 6.22. The molecule has 65 heavy (non-hydrogen) atoms. The summed E-state index contributed by atoms with van der Waals surface area (Å²) in [6.07, 6.45) is 72.4. The first-order valence-corrected chi connectivity index (χ1v) is 26.0. The third kappa shape index (κ3) is 46.3. The average molecular weight is 898 g/mol. The van der Waals surface area contributed by atoms with E-state index in [1.807, 2.05) is 36.5 Å². The van der Waals surface area contributed by atoms with Gasteiger partial charge in [-0.25, -0.2) is 0 Å². The van der Waals surface area contributed by atoms with Gasteiger partial charge in [0.25, 0.3) is 0 Å². The number of unbranched alkanes of at least 4 members (excludes halogenated alkanes) is 16. The largest absolute Gasteiger partial charge is 0.458 e. The summed E-state index contributed by atoms with van der Waals surface area (Å²) in [5, 5.41) is 23.7. The van der Waals surface area contributed by atoms with Gasteiger partial charge in [0.15, 0.2) is 0 Å². The lowest BCUT2D eigenvalue weighted by atomic mass is 10.0. The van der Waals surface area contributed by atoms with Gasteiger partial charge < -0.3 is 20.3 Å². The van der Waals surface area contributed by atoms with E-state index in [-0.39, 0.29) is 24.9 Å². The molecule has 6 heteroatoms. The van der Waals surface area contributed by atoms with Crippen LogP contribution in [0, 0.1) is 0 Å². The van der Waals surface area contributed by atoms with Gasteiger partial charge in [0.2, 0.25) is 5.91 Å². The van der Waals surface area contributed by atoms with Crippen molar-refractivity contribution in [1.29, 1.82) is 0 Å². The number of esters is 1. The van der Waals surface area contributed by atoms with E-state index >= 15 is 0 Å². The van der Waals surface area contributed by atoms with Crippen molar-refractivity contribution in [3.8, 4) is 0 Å². The molecule has 0 aromatic heterocycles. The SMILES string of the molecule is CC/C=C\C/C=C\C/C=C\C/C=C\C/C=C\C/C=C\C(CC(=O)NC(CO)C(O)CCCCCCCCCCCCC)OC(=O)CCCCCCC/C=C/C=C/C=C/C=C/C=C/CCC. The third-order valence-electron chi connectivity index (χ3n) is 10.8. The second-order valence-electron chi connectivity index (χ2n) is 17.0. The molecule has 6 nitrogen and oxygen atoms in total. The van der Waals surface area contributed by atoms with Crippen molar-refractivity contribution in [1.82, 2.24) is 5.32 Å². The van der Waals surface area contributed by atoms with Crippen LogP contribution in [0.1, 0.15) is 201 Å². The second-order valence-corrected chi connectivity index (χ2v) is 17.0. The van der Waals surface area contributed by atoms with E-state index in [0.717, 1.165) is 96.3 Å². The number of rotatable bonds is 44. The Labute approximate surface area is 399 Å². The zero-order valence-corrected chi connectivity index (χ0v) is 41.6. The first-order chi connectivity index (χ1) is 32.0. The predicted molar refractivity (Wildman–Crippen MR) is 282 cm³/mol. The molecule has 0 aliphatic heterocycles. The van der Waals surface area contributed by atoms with Gasteiger partial charge in [0.05, 0.1) is 25.2 Å². The van der Waals surface area contributed by atoms with Crippen molar-refractivity contribution in [2.45, 2.75) is 219 Å². The fourth-order valence-electron chi connectivity index (χ4n) is 6.93. The first-order valence-electron chi connectivity index (χ1n) is 26.0. The maximum atomic E-state index is 13.2. The molecule has 0 heterocycles. The number of nitrogens with one attached hydrogen (secondary N) is 1. The molecule has 3 N–H and O–H groups in total. The third-order valence-corrected chi connectivity index (χ3v) is 10.8. The van der Waals surface area contributed by atoms with Crippen LogP contribution in [-0.4, -0.2) is 46.9 Å². The van der Waals surface area contributed by atoms with Crippen molar-refractivity contribution in [2.24, 2.45) is 0 Å². The molecule has 366 valence electrons. The smallest absolute Gasteiger partial charge is 0.306 e. The number of ether oxygens (including phenoxy) is 1. The number of carbonyl (C=O) groups is 2. The van der Waals surface area contributed by atoms with Gasteiger partial charge in [-0.1, -0.05) is 245 Å². The van der Waals surface area contributed by atoms with E-state index < -0.39 is 18.2 Å². The lowest BCUT2D eigenvalue weighted by molar-refractivity contribution is -0.148. The fraction of sp³-hybridized carbons (Fsp3) is 0.593. The van der Waals surface area contributed by atoms with Crippen LogP contribution in [0.25, 0.3) is 0 Å². The van der Waals surface area contributed by atoms with E-state index in [9.17, 15) is 19.8 Å². The molecular formula is C59H95NO5. The van der Waals surface area contributed by atoms with Gasteiger partial charge in [-0.05, 0) is 76.7 Å². The van der Waals surface area contributed by atoms with E-state index in [2.05, 4.69) is 117 Å². The van der Waals surface area contributed by atoms with Gasteiger partial charge in [0.1, 0.15) is 6.10 Å². The number of hydrogen-bond acceptors (Lipinski definition) is 5. The minimum atomic E-state index is -0.833. The van der Waals surface area contributed by atoms with Gasteiger partial charge in [-0.3, -0.25) is 9.59 Å². The number of hydrogen-bond donors (Lipinski definition) is 3. The number of aliphatic hydroxyl groups is 2. The van der Waals surface area contributed by atoms with Crippen LogP contribution in [0.5, 0.6) is 0 Å². The first kappa shape index (κ1) is 61.0. The Kier molecular flexibility index (Phi) is 47.9. The van der Waals surface area contributed by atoms with Crippen LogP contribution in [0.3, 0.4) is 0 Å². The fourth-order valence-corrected chi connectivity index (χ4v) is 6.93. The van der Waals surface area contributed by atoms with Crippen molar-refractivity contribution in [3.63, 3.8) is 0 Å². The van der Waals surface area contributed by atoms with Crippen LogP contribution < -0.4 is 5.32 Å². The summed E-state index contributed by atoms with van der Waals surface area (Å²) in [4.78, 5) is 26.1. The highest BCUT2D eigenvalue weighted by atomic mass is 16.5. The highest BCUT2D eigenvalue weighted by Crippen LogP contribution is 2.15. The number of allylic oxidation sites excluding steroid dienone is 21. The Hall–Kier alpha value is -4.00. The molecular weight excluding hydrogens is 803 g/mol. The minimum absolute atomic E-state index is 0.0671. The summed E-state index contributed by atoms with van der Waals surface area (Å²) in [6, 6.07) is -0.758. The molecule has 0 radical (unpaired) electrons. The van der Waals surface area contributed by atoms with Crippen molar-refractivity contribution in [2.75, 3.05) is 6.61 Å². The average Bonchev–Trinajstić information content (AvgIpc) is 3.30. The molecule has 0 fully saturated rings. The van der Waals surface area contributed by atoms with Crippen LogP contribution in [0.15, 0.2) is 134 Å². The molecule has 0 bridgehead atoms. The lowest BCUT2D eigenvalue weighted by Crippen LogP contribution is -2.46. The molecule has 3 atom stereocenters. The zero-order chi connectivity index (χ0) is 47.4. The lowest BCUT2D eigenvalue weighted by Gasteiger charge is -2.23. The van der Waals surface area contributed by atoms with E-state index in [4.69, 9.17) is 4.74 Å². The van der Waals surface area contributed by atoms with Crippen molar-refractivity contribution in [3.05, 3.63) is 134 Å². The van der Waals surface area contributed by atoms with Gasteiger partial charge >= 0.3 is 5.97 Å². The zero-order valence-electron chi connectivity index (χ0n) is 41.6. The van der Waals surface area contributed by atoms with Crippen molar-refractivity contribution < 1.29 is 24.5 Å². The Morgan fingerprint density at radius 1 is 0.492 bits per heavy atom. The highest BCUT2D eigenvalue weighted by molar-refractivity contribution is 5.78. The maximum absolute atomic E-state index is 13.2. The molecule has 0 saturated heterocycles. The van der Waals surface area contributed by atoms with Gasteiger partial charge in [-0.2, -0.15) is 0 Å². The monoisotopic (exact) mass is 898 g/mol. The number of amides is 1. The van der Waals surface area contributed by atoms with Crippen molar-refractivity contribution >= 4 is 11.9 Å². The molecule has 0 spiro atoms. The Balaban J connectivity index is 4.86.